The van der Waals surface area contributed by atoms with Crippen molar-refractivity contribution in [3.63, 3.8) is 0 Å². The van der Waals surface area contributed by atoms with Crippen LogP contribution in [-0.4, -0.2) is 23.0 Å². The summed E-state index contributed by atoms with van der Waals surface area (Å²) in [7, 11) is 1.34. The van der Waals surface area contributed by atoms with Crippen LogP contribution in [-0.2, 0) is 4.74 Å². The molecule has 0 unspecified atom stereocenters. The first-order valence-corrected chi connectivity index (χ1v) is 5.70. The largest absolute Gasteiger partial charge is 0.465 e. The number of aromatic nitrogens is 2. The smallest absolute Gasteiger partial charge is 0.349 e. The van der Waals surface area contributed by atoms with Crippen molar-refractivity contribution in [1.82, 2.24) is 9.97 Å². The fraction of sp³-hybridized carbons (Fsp3) is 0.125. The number of anilines is 2. The number of nitrogens with zero attached hydrogens (tertiary/aromatic N) is 2. The van der Waals surface area contributed by atoms with E-state index in [1.54, 1.807) is 6.20 Å². The van der Waals surface area contributed by atoms with Crippen LogP contribution in [0.4, 0.5) is 10.3 Å². The van der Waals surface area contributed by atoms with Crippen LogP contribution in [0.5, 0.6) is 0 Å². The van der Waals surface area contributed by atoms with Crippen molar-refractivity contribution in [3.05, 3.63) is 22.7 Å². The van der Waals surface area contributed by atoms with Gasteiger partial charge in [-0.05, 0) is 0 Å². The Hall–Kier alpha value is -1.47. The Morgan fingerprint density at radius 1 is 1.47 bits per heavy atom. The first-order chi connectivity index (χ1) is 7.29. The van der Waals surface area contributed by atoms with E-state index in [0.29, 0.717) is 10.0 Å². The van der Waals surface area contributed by atoms with Gasteiger partial charge in [-0.2, -0.15) is 0 Å². The van der Waals surface area contributed by atoms with Gasteiger partial charge in [0, 0.05) is 11.6 Å². The predicted octanol–water partition coefficient (Wildman–Crippen LogP) is 2.13. The molecule has 2 rings (SSSR count). The van der Waals surface area contributed by atoms with Crippen LogP contribution >= 0.6 is 22.7 Å². The van der Waals surface area contributed by atoms with Crippen molar-refractivity contribution in [3.8, 4) is 0 Å². The molecule has 0 aromatic carbocycles. The van der Waals surface area contributed by atoms with E-state index in [1.165, 1.54) is 36.0 Å². The second-order valence-electron chi connectivity index (χ2n) is 2.48. The van der Waals surface area contributed by atoms with E-state index in [1.807, 2.05) is 5.38 Å². The van der Waals surface area contributed by atoms with E-state index in [-0.39, 0.29) is 5.97 Å². The maximum atomic E-state index is 11.1. The van der Waals surface area contributed by atoms with Gasteiger partial charge in [-0.15, -0.1) is 11.3 Å². The molecular formula is C8H7N3O2S2. The number of carbonyl (C=O) groups is 1. The quantitative estimate of drug-likeness (QED) is 0.834. The fourth-order valence-corrected chi connectivity index (χ4v) is 2.23. The second kappa shape index (κ2) is 4.37. The van der Waals surface area contributed by atoms with Gasteiger partial charge < -0.3 is 10.1 Å². The average molecular weight is 241 g/mol. The molecule has 0 aliphatic heterocycles. The third-order valence-electron chi connectivity index (χ3n) is 1.54. The number of thiazole rings is 2. The van der Waals surface area contributed by atoms with Crippen molar-refractivity contribution >= 4 is 38.9 Å². The number of ether oxygens (including phenoxy) is 1. The lowest BCUT2D eigenvalue weighted by Crippen LogP contribution is -1.96. The van der Waals surface area contributed by atoms with Crippen molar-refractivity contribution in [2.45, 2.75) is 0 Å². The van der Waals surface area contributed by atoms with Crippen LogP contribution in [0.3, 0.4) is 0 Å². The van der Waals surface area contributed by atoms with E-state index >= 15 is 0 Å². The molecular weight excluding hydrogens is 234 g/mol. The molecule has 0 aliphatic rings. The van der Waals surface area contributed by atoms with Crippen LogP contribution in [0.2, 0.25) is 0 Å². The Labute approximate surface area is 93.8 Å². The van der Waals surface area contributed by atoms with E-state index in [0.717, 1.165) is 5.13 Å². The Bertz CT molecular complexity index is 452. The maximum absolute atomic E-state index is 11.1. The summed E-state index contributed by atoms with van der Waals surface area (Å²) >= 11 is 2.70. The van der Waals surface area contributed by atoms with Gasteiger partial charge in [-0.3, -0.25) is 0 Å². The van der Waals surface area contributed by atoms with Crippen LogP contribution in [0.1, 0.15) is 9.67 Å². The number of carbonyl (C=O) groups excluding carboxylic acids is 1. The van der Waals surface area contributed by atoms with Gasteiger partial charge in [0.15, 0.2) is 10.3 Å². The first kappa shape index (κ1) is 10.1. The molecule has 5 nitrogen and oxygen atoms in total. The predicted molar refractivity (Wildman–Crippen MR) is 58.9 cm³/mol. The normalized spacial score (nSPS) is 9.93. The summed E-state index contributed by atoms with van der Waals surface area (Å²) in [5, 5.41) is 6.23. The van der Waals surface area contributed by atoms with Crippen LogP contribution in [0, 0.1) is 0 Å². The van der Waals surface area contributed by atoms with Crippen LogP contribution < -0.4 is 5.32 Å². The topological polar surface area (TPSA) is 64.1 Å². The summed E-state index contributed by atoms with van der Waals surface area (Å²) < 4.78 is 4.58. The van der Waals surface area contributed by atoms with Gasteiger partial charge in [0.05, 0.1) is 13.3 Å². The lowest BCUT2D eigenvalue weighted by Gasteiger charge is -1.94. The van der Waals surface area contributed by atoms with Crippen molar-refractivity contribution in [2.24, 2.45) is 0 Å². The minimum atomic E-state index is -0.375. The third-order valence-corrected chi connectivity index (χ3v) is 3.12. The average Bonchev–Trinajstić information content (AvgIpc) is 2.88. The van der Waals surface area contributed by atoms with Gasteiger partial charge in [-0.1, -0.05) is 11.3 Å². The Kier molecular flexibility index (Phi) is 2.93. The molecule has 0 bridgehead atoms. The molecule has 0 fully saturated rings. The zero-order chi connectivity index (χ0) is 10.7. The molecule has 2 aromatic heterocycles. The second-order valence-corrected chi connectivity index (χ2v) is 4.41. The highest BCUT2D eigenvalue weighted by Gasteiger charge is 2.10. The van der Waals surface area contributed by atoms with Gasteiger partial charge in [0.25, 0.3) is 0 Å². The van der Waals surface area contributed by atoms with Gasteiger partial charge in [0.1, 0.15) is 4.88 Å². The minimum absolute atomic E-state index is 0.375. The molecule has 0 aliphatic carbocycles. The monoisotopic (exact) mass is 241 g/mol. The van der Waals surface area contributed by atoms with Crippen LogP contribution in [0.25, 0.3) is 0 Å². The molecule has 78 valence electrons. The van der Waals surface area contributed by atoms with Crippen molar-refractivity contribution in [2.75, 3.05) is 12.4 Å². The summed E-state index contributed by atoms with van der Waals surface area (Å²) in [6.07, 6.45) is 3.17. The molecule has 7 heteroatoms. The van der Waals surface area contributed by atoms with Gasteiger partial charge in [0.2, 0.25) is 0 Å². The van der Waals surface area contributed by atoms with Crippen molar-refractivity contribution in [1.29, 1.82) is 0 Å². The third kappa shape index (κ3) is 2.31. The van der Waals surface area contributed by atoms with E-state index in [9.17, 15) is 4.79 Å². The SMILES string of the molecule is COC(=O)c1cnc(Nc2nccs2)s1. The highest BCUT2D eigenvalue weighted by atomic mass is 32.1. The zero-order valence-corrected chi connectivity index (χ0v) is 9.39. The van der Waals surface area contributed by atoms with Gasteiger partial charge in [-0.25, -0.2) is 14.8 Å². The molecule has 1 N–H and O–H groups in total. The number of hydrogen-bond acceptors (Lipinski definition) is 7. The summed E-state index contributed by atoms with van der Waals surface area (Å²) in [6.45, 7) is 0. The summed E-state index contributed by atoms with van der Waals surface area (Å²) in [5.41, 5.74) is 0. The zero-order valence-electron chi connectivity index (χ0n) is 7.76. The Morgan fingerprint density at radius 3 is 3.00 bits per heavy atom. The van der Waals surface area contributed by atoms with E-state index in [4.69, 9.17) is 0 Å². The number of rotatable bonds is 3. The summed E-state index contributed by atoms with van der Waals surface area (Å²) in [4.78, 5) is 19.7. The highest BCUT2D eigenvalue weighted by molar-refractivity contribution is 7.18. The van der Waals surface area contributed by atoms with E-state index < -0.39 is 0 Å². The minimum Gasteiger partial charge on any atom is -0.465 e. The van der Waals surface area contributed by atoms with Gasteiger partial charge >= 0.3 is 5.97 Å². The molecule has 2 heterocycles. The number of hydrogen-bond donors (Lipinski definition) is 1. The number of esters is 1. The number of nitrogens with one attached hydrogen (secondary N) is 1. The summed E-state index contributed by atoms with van der Waals surface area (Å²) in [6, 6.07) is 0. The fourth-order valence-electron chi connectivity index (χ4n) is 0.904. The lowest BCUT2D eigenvalue weighted by molar-refractivity contribution is 0.0606. The van der Waals surface area contributed by atoms with Crippen molar-refractivity contribution < 1.29 is 9.53 Å². The Morgan fingerprint density at radius 2 is 2.33 bits per heavy atom. The number of methoxy groups -OCH3 is 1. The Balaban J connectivity index is 2.11. The molecule has 15 heavy (non-hydrogen) atoms. The highest BCUT2D eigenvalue weighted by Crippen LogP contribution is 2.23. The summed E-state index contributed by atoms with van der Waals surface area (Å²) in [5.74, 6) is -0.375. The molecule has 0 amide bonds. The van der Waals surface area contributed by atoms with Crippen LogP contribution in [0.15, 0.2) is 17.8 Å². The molecule has 2 aromatic rings. The molecule has 0 saturated heterocycles. The molecule has 0 atom stereocenters. The lowest BCUT2D eigenvalue weighted by atomic mass is 10.6. The molecule has 0 radical (unpaired) electrons. The first-order valence-electron chi connectivity index (χ1n) is 4.00. The standard InChI is InChI=1S/C8H7N3O2S2/c1-13-6(12)5-4-10-8(15-5)11-7-9-2-3-14-7/h2-4H,1H3,(H,9,10,11). The maximum Gasteiger partial charge on any atom is 0.349 e. The molecule has 0 spiro atoms. The van der Waals surface area contributed by atoms with E-state index in [2.05, 4.69) is 20.0 Å². The molecule has 0 saturated carbocycles.